The van der Waals surface area contributed by atoms with Crippen LogP contribution in [0.4, 0.5) is 5.69 Å². The third kappa shape index (κ3) is 3.39. The van der Waals surface area contributed by atoms with Gasteiger partial charge in [-0.1, -0.05) is 6.07 Å². The molecule has 1 aliphatic carbocycles. The van der Waals surface area contributed by atoms with Crippen LogP contribution < -0.4 is 9.64 Å². The van der Waals surface area contributed by atoms with E-state index < -0.39 is 0 Å². The van der Waals surface area contributed by atoms with Crippen molar-refractivity contribution in [3.05, 3.63) is 58.7 Å². The molecule has 2 aromatic rings. The Hall–Kier alpha value is -2.29. The van der Waals surface area contributed by atoms with Crippen molar-refractivity contribution in [1.29, 1.82) is 0 Å². The largest absolute Gasteiger partial charge is 0.423 e. The Kier molecular flexibility index (Phi) is 4.37. The van der Waals surface area contributed by atoms with Gasteiger partial charge in [0, 0.05) is 19.8 Å². The van der Waals surface area contributed by atoms with Crippen molar-refractivity contribution < 1.29 is 9.53 Å². The molecule has 0 aliphatic heterocycles. The first-order valence-electron chi connectivity index (χ1n) is 8.16. The Bertz CT molecular complexity index is 734. The SMILES string of the molecule is Cc1cc(C(=O)Oc2ccc3c(c2)CCCC3)ccc1N(C)C. The zero-order valence-electron chi connectivity index (χ0n) is 14.1. The van der Waals surface area contributed by atoms with Crippen molar-refractivity contribution in [2.24, 2.45) is 0 Å². The van der Waals surface area contributed by atoms with E-state index in [-0.39, 0.29) is 5.97 Å². The molecule has 2 aromatic carbocycles. The fraction of sp³-hybridized carbons (Fsp3) is 0.350. The van der Waals surface area contributed by atoms with Gasteiger partial charge in [-0.2, -0.15) is 0 Å². The van der Waals surface area contributed by atoms with Crippen molar-refractivity contribution in [3.8, 4) is 5.75 Å². The summed E-state index contributed by atoms with van der Waals surface area (Å²) in [6.45, 7) is 2.00. The summed E-state index contributed by atoms with van der Waals surface area (Å²) in [5, 5.41) is 0. The number of carbonyl (C=O) groups excluding carboxylic acids is 1. The second-order valence-electron chi connectivity index (χ2n) is 6.42. The van der Waals surface area contributed by atoms with E-state index in [2.05, 4.69) is 6.07 Å². The van der Waals surface area contributed by atoms with Crippen molar-refractivity contribution in [2.45, 2.75) is 32.6 Å². The summed E-state index contributed by atoms with van der Waals surface area (Å²) in [7, 11) is 3.99. The summed E-state index contributed by atoms with van der Waals surface area (Å²) in [6, 6.07) is 11.7. The van der Waals surface area contributed by atoms with E-state index in [0.717, 1.165) is 24.1 Å². The molecule has 0 aromatic heterocycles. The number of carbonyl (C=O) groups is 1. The molecule has 0 bridgehead atoms. The van der Waals surface area contributed by atoms with Gasteiger partial charge in [-0.05, 0) is 79.6 Å². The Morgan fingerprint density at radius 2 is 1.74 bits per heavy atom. The number of hydrogen-bond acceptors (Lipinski definition) is 3. The smallest absolute Gasteiger partial charge is 0.343 e. The average Bonchev–Trinajstić information content (AvgIpc) is 2.54. The summed E-state index contributed by atoms with van der Waals surface area (Å²) in [6.07, 6.45) is 4.69. The first-order valence-corrected chi connectivity index (χ1v) is 8.16. The Labute approximate surface area is 137 Å². The maximum atomic E-state index is 12.4. The van der Waals surface area contributed by atoms with E-state index in [0.29, 0.717) is 11.3 Å². The second-order valence-corrected chi connectivity index (χ2v) is 6.42. The molecule has 120 valence electrons. The van der Waals surface area contributed by atoms with Crippen LogP contribution in [0.25, 0.3) is 0 Å². The van der Waals surface area contributed by atoms with Gasteiger partial charge in [0.25, 0.3) is 0 Å². The zero-order chi connectivity index (χ0) is 16.4. The molecule has 0 radical (unpaired) electrons. The van der Waals surface area contributed by atoms with Gasteiger partial charge < -0.3 is 9.64 Å². The van der Waals surface area contributed by atoms with Crippen LogP contribution in [0.3, 0.4) is 0 Å². The number of anilines is 1. The number of aryl methyl sites for hydroxylation is 3. The van der Waals surface area contributed by atoms with Crippen LogP contribution in [0.15, 0.2) is 36.4 Å². The monoisotopic (exact) mass is 309 g/mol. The minimum Gasteiger partial charge on any atom is -0.423 e. The van der Waals surface area contributed by atoms with E-state index >= 15 is 0 Å². The summed E-state index contributed by atoms with van der Waals surface area (Å²) in [5.74, 6) is 0.346. The molecule has 0 amide bonds. The number of rotatable bonds is 3. The fourth-order valence-corrected chi connectivity index (χ4v) is 3.22. The lowest BCUT2D eigenvalue weighted by molar-refractivity contribution is 0.0734. The van der Waals surface area contributed by atoms with Crippen molar-refractivity contribution in [3.63, 3.8) is 0 Å². The minimum atomic E-state index is -0.297. The lowest BCUT2D eigenvalue weighted by atomic mass is 9.92. The summed E-state index contributed by atoms with van der Waals surface area (Å²) >= 11 is 0. The standard InChI is InChI=1S/C20H23NO2/c1-14-12-17(9-11-19(14)21(2)3)20(22)23-18-10-8-15-6-4-5-7-16(15)13-18/h8-13H,4-7H2,1-3H3. The lowest BCUT2D eigenvalue weighted by Crippen LogP contribution is -2.13. The van der Waals surface area contributed by atoms with Gasteiger partial charge in [-0.25, -0.2) is 4.79 Å². The van der Waals surface area contributed by atoms with Gasteiger partial charge in [-0.3, -0.25) is 0 Å². The van der Waals surface area contributed by atoms with Crippen molar-refractivity contribution in [1.82, 2.24) is 0 Å². The third-order valence-corrected chi connectivity index (χ3v) is 4.44. The average molecular weight is 309 g/mol. The molecule has 0 N–H and O–H groups in total. The van der Waals surface area contributed by atoms with Crippen LogP contribution in [-0.2, 0) is 12.8 Å². The van der Waals surface area contributed by atoms with E-state index in [4.69, 9.17) is 4.74 Å². The molecule has 0 spiro atoms. The molecule has 0 fully saturated rings. The van der Waals surface area contributed by atoms with E-state index in [9.17, 15) is 4.79 Å². The summed E-state index contributed by atoms with van der Waals surface area (Å²) < 4.78 is 5.57. The Morgan fingerprint density at radius 3 is 2.43 bits per heavy atom. The molecule has 0 atom stereocenters. The van der Waals surface area contributed by atoms with Crippen LogP contribution in [0.5, 0.6) is 5.75 Å². The number of fused-ring (bicyclic) bond motifs is 1. The number of ether oxygens (including phenoxy) is 1. The molecule has 3 nitrogen and oxygen atoms in total. The first kappa shape index (κ1) is 15.6. The second kappa shape index (κ2) is 6.45. The number of hydrogen-bond donors (Lipinski definition) is 0. The maximum Gasteiger partial charge on any atom is 0.343 e. The van der Waals surface area contributed by atoms with E-state index in [1.807, 2.05) is 56.3 Å². The quantitative estimate of drug-likeness (QED) is 0.630. The number of benzene rings is 2. The lowest BCUT2D eigenvalue weighted by Gasteiger charge is -2.17. The molecule has 1 aliphatic rings. The van der Waals surface area contributed by atoms with Crippen LogP contribution in [0.1, 0.15) is 39.9 Å². The highest BCUT2D eigenvalue weighted by molar-refractivity contribution is 5.92. The van der Waals surface area contributed by atoms with Crippen LogP contribution in [-0.4, -0.2) is 20.1 Å². The molecule has 0 unspecified atom stereocenters. The van der Waals surface area contributed by atoms with Crippen LogP contribution in [0, 0.1) is 6.92 Å². The van der Waals surface area contributed by atoms with Gasteiger partial charge in [0.15, 0.2) is 0 Å². The molecule has 23 heavy (non-hydrogen) atoms. The van der Waals surface area contributed by atoms with Gasteiger partial charge in [0.1, 0.15) is 5.75 Å². The highest BCUT2D eigenvalue weighted by Crippen LogP contribution is 2.26. The highest BCUT2D eigenvalue weighted by atomic mass is 16.5. The van der Waals surface area contributed by atoms with Crippen LogP contribution in [0.2, 0.25) is 0 Å². The van der Waals surface area contributed by atoms with Gasteiger partial charge in [0.05, 0.1) is 5.56 Å². The van der Waals surface area contributed by atoms with E-state index in [1.165, 1.54) is 24.0 Å². The molecular formula is C20H23NO2. The molecule has 0 heterocycles. The van der Waals surface area contributed by atoms with Gasteiger partial charge >= 0.3 is 5.97 Å². The topological polar surface area (TPSA) is 29.5 Å². The van der Waals surface area contributed by atoms with Gasteiger partial charge in [0.2, 0.25) is 0 Å². The first-order chi connectivity index (χ1) is 11.0. The number of nitrogens with zero attached hydrogens (tertiary/aromatic N) is 1. The maximum absolute atomic E-state index is 12.4. The molecular weight excluding hydrogens is 286 g/mol. The third-order valence-electron chi connectivity index (χ3n) is 4.44. The Balaban J connectivity index is 1.78. The van der Waals surface area contributed by atoms with Crippen molar-refractivity contribution >= 4 is 11.7 Å². The fourth-order valence-electron chi connectivity index (χ4n) is 3.22. The predicted molar refractivity (Wildman–Crippen MR) is 93.5 cm³/mol. The van der Waals surface area contributed by atoms with Gasteiger partial charge in [-0.15, -0.1) is 0 Å². The highest BCUT2D eigenvalue weighted by Gasteiger charge is 2.14. The summed E-state index contributed by atoms with van der Waals surface area (Å²) in [5.41, 5.74) is 5.47. The molecule has 3 heteroatoms. The minimum absolute atomic E-state index is 0.297. The summed E-state index contributed by atoms with van der Waals surface area (Å²) in [4.78, 5) is 14.4. The van der Waals surface area contributed by atoms with Crippen molar-refractivity contribution in [2.75, 3.05) is 19.0 Å². The zero-order valence-corrected chi connectivity index (χ0v) is 14.1. The molecule has 0 saturated heterocycles. The molecule has 0 saturated carbocycles. The predicted octanol–water partition coefficient (Wildman–Crippen LogP) is 4.16. The van der Waals surface area contributed by atoms with Crippen LogP contribution >= 0.6 is 0 Å². The van der Waals surface area contributed by atoms with E-state index in [1.54, 1.807) is 0 Å². The normalized spacial score (nSPS) is 13.3. The number of esters is 1. The molecule has 3 rings (SSSR count). The Morgan fingerprint density at radius 1 is 1.00 bits per heavy atom.